The smallest absolute Gasteiger partial charge is 0.312 e. The topological polar surface area (TPSA) is 41.1 Å². The van der Waals surface area contributed by atoms with Crippen molar-refractivity contribution < 1.29 is 9.18 Å². The largest absolute Gasteiger partial charge is 0.323 e. The number of nitrogens with one attached hydrogen (secondary N) is 2. The summed E-state index contributed by atoms with van der Waals surface area (Å²) in [5, 5.41) is 5.59. The molecule has 0 unspecified atom stereocenters. The predicted octanol–water partition coefficient (Wildman–Crippen LogP) is 4.47. The van der Waals surface area contributed by atoms with E-state index >= 15 is 0 Å². The van der Waals surface area contributed by atoms with Crippen molar-refractivity contribution in [1.29, 1.82) is 0 Å². The van der Waals surface area contributed by atoms with Gasteiger partial charge in [-0.3, -0.25) is 0 Å². The van der Waals surface area contributed by atoms with Crippen LogP contribution >= 0.6 is 0 Å². The van der Waals surface area contributed by atoms with Crippen LogP contribution in [0.25, 0.3) is 0 Å². The molecular formula is C17H21FN2O. The molecule has 2 N–H and O–H groups in total. The Hall–Kier alpha value is -2.10. The first-order valence-corrected chi connectivity index (χ1v) is 7.08. The zero-order chi connectivity index (χ0) is 15.5. The maximum atomic E-state index is 13.8. The molecule has 3 nitrogen and oxygen atoms in total. The lowest BCUT2D eigenvalue weighted by atomic mass is 9.91. The molecule has 0 aliphatic heterocycles. The first-order chi connectivity index (χ1) is 9.84. The molecule has 2 amide bonds. The van der Waals surface area contributed by atoms with E-state index in [1.54, 1.807) is 26.0 Å². The van der Waals surface area contributed by atoms with Crippen LogP contribution in [0.5, 0.6) is 0 Å². The van der Waals surface area contributed by atoms with Crippen LogP contribution in [-0.4, -0.2) is 11.7 Å². The third-order valence-electron chi connectivity index (χ3n) is 3.46. The molecule has 0 saturated heterocycles. The number of rotatable bonds is 3. The van der Waals surface area contributed by atoms with Gasteiger partial charge in [0.2, 0.25) is 0 Å². The van der Waals surface area contributed by atoms with Crippen LogP contribution in [-0.2, 0) is 0 Å². The van der Waals surface area contributed by atoms with Crippen LogP contribution in [0.3, 0.4) is 0 Å². The number of aryl methyl sites for hydroxylation is 1. The van der Waals surface area contributed by atoms with E-state index in [0.717, 1.165) is 22.5 Å². The lowest BCUT2D eigenvalue weighted by molar-refractivity contribution is 0.253. The molecule has 0 spiro atoms. The number of carbonyl (C=O) groups is 1. The highest BCUT2D eigenvalue weighted by molar-refractivity contribution is 5.90. The first kappa shape index (κ1) is 15.3. The van der Waals surface area contributed by atoms with E-state index in [4.69, 9.17) is 0 Å². The second kappa shape index (κ2) is 6.12. The summed E-state index contributed by atoms with van der Waals surface area (Å²) in [7, 11) is 0. The Morgan fingerprint density at radius 3 is 2.52 bits per heavy atom. The maximum Gasteiger partial charge on any atom is 0.323 e. The number of hydrogen-bond donors (Lipinski definition) is 2. The summed E-state index contributed by atoms with van der Waals surface area (Å²) < 4.78 is 13.8. The molecule has 4 heteroatoms. The van der Waals surface area contributed by atoms with Gasteiger partial charge in [0.1, 0.15) is 5.67 Å². The number of hydrogen-bond acceptors (Lipinski definition) is 1. The average Bonchev–Trinajstić information content (AvgIpc) is 2.38. The Morgan fingerprint density at radius 1 is 1.19 bits per heavy atom. The van der Waals surface area contributed by atoms with Crippen molar-refractivity contribution in [3.8, 4) is 0 Å². The minimum atomic E-state index is -1.30. The van der Waals surface area contributed by atoms with Crippen LogP contribution in [0.4, 0.5) is 14.9 Å². The highest BCUT2D eigenvalue weighted by Gasteiger charge is 2.23. The molecule has 2 rings (SSSR count). The number of halogens is 1. The standard InChI is InChI=1S/C17H21FN2O/c1-12-5-4-6-15(11-12)20-16(21)19-14-9-7-13(8-10-14)17(2,3)18/h4-7,9,11H,8,10H2,1-3H3,(H2,19,20,21). The Kier molecular flexibility index (Phi) is 4.46. The van der Waals surface area contributed by atoms with Crippen LogP contribution in [0.2, 0.25) is 0 Å². The third-order valence-corrected chi connectivity index (χ3v) is 3.46. The maximum absolute atomic E-state index is 13.8. The molecule has 1 aliphatic carbocycles. The number of amides is 2. The molecule has 112 valence electrons. The zero-order valence-electron chi connectivity index (χ0n) is 12.7. The second-order valence-electron chi connectivity index (χ2n) is 5.80. The highest BCUT2D eigenvalue weighted by atomic mass is 19.1. The van der Waals surface area contributed by atoms with E-state index in [-0.39, 0.29) is 6.03 Å². The van der Waals surface area contributed by atoms with E-state index in [1.807, 2.05) is 31.2 Å². The van der Waals surface area contributed by atoms with Gasteiger partial charge < -0.3 is 10.6 Å². The van der Waals surface area contributed by atoms with Gasteiger partial charge >= 0.3 is 6.03 Å². The minimum absolute atomic E-state index is 0.275. The van der Waals surface area contributed by atoms with Gasteiger partial charge in [0, 0.05) is 11.4 Å². The molecule has 21 heavy (non-hydrogen) atoms. The number of anilines is 1. The van der Waals surface area contributed by atoms with Gasteiger partial charge in [0.05, 0.1) is 0 Å². The van der Waals surface area contributed by atoms with Gasteiger partial charge in [-0.25, -0.2) is 9.18 Å². The summed E-state index contributed by atoms with van der Waals surface area (Å²) >= 11 is 0. The molecule has 0 bridgehead atoms. The van der Waals surface area contributed by atoms with Crippen molar-refractivity contribution in [2.45, 2.75) is 39.3 Å². The fourth-order valence-electron chi connectivity index (χ4n) is 2.27. The van der Waals surface area contributed by atoms with Crippen molar-refractivity contribution in [1.82, 2.24) is 5.32 Å². The lowest BCUT2D eigenvalue weighted by Crippen LogP contribution is -2.29. The lowest BCUT2D eigenvalue weighted by Gasteiger charge is -2.22. The van der Waals surface area contributed by atoms with Crippen molar-refractivity contribution >= 4 is 11.7 Å². The number of urea groups is 1. The molecule has 1 aromatic carbocycles. The second-order valence-corrected chi connectivity index (χ2v) is 5.80. The van der Waals surface area contributed by atoms with E-state index in [9.17, 15) is 9.18 Å². The molecule has 0 fully saturated rings. The quantitative estimate of drug-likeness (QED) is 0.846. The van der Waals surface area contributed by atoms with Crippen LogP contribution in [0.15, 0.2) is 47.7 Å². The minimum Gasteiger partial charge on any atom is -0.312 e. The number of benzene rings is 1. The molecule has 0 aromatic heterocycles. The summed E-state index contributed by atoms with van der Waals surface area (Å²) in [5.74, 6) is 0. The van der Waals surface area contributed by atoms with Gasteiger partial charge in [-0.2, -0.15) is 0 Å². The molecule has 1 aliphatic rings. The first-order valence-electron chi connectivity index (χ1n) is 7.08. The van der Waals surface area contributed by atoms with Gasteiger partial charge in [0.15, 0.2) is 0 Å². The van der Waals surface area contributed by atoms with Crippen molar-refractivity contribution in [3.63, 3.8) is 0 Å². The van der Waals surface area contributed by atoms with E-state index in [1.165, 1.54) is 0 Å². The highest BCUT2D eigenvalue weighted by Crippen LogP contribution is 2.29. The number of alkyl halides is 1. The fourth-order valence-corrected chi connectivity index (χ4v) is 2.27. The Balaban J connectivity index is 1.95. The van der Waals surface area contributed by atoms with Crippen molar-refractivity contribution in [2.24, 2.45) is 0 Å². The molecule has 0 saturated carbocycles. The molecule has 0 heterocycles. The molecular weight excluding hydrogens is 267 g/mol. The summed E-state index contributed by atoms with van der Waals surface area (Å²) in [6.07, 6.45) is 4.79. The van der Waals surface area contributed by atoms with Crippen molar-refractivity contribution in [3.05, 3.63) is 53.3 Å². The van der Waals surface area contributed by atoms with Crippen molar-refractivity contribution in [2.75, 3.05) is 5.32 Å². The van der Waals surface area contributed by atoms with Crippen LogP contribution in [0.1, 0.15) is 32.3 Å². The number of carbonyl (C=O) groups excluding carboxylic acids is 1. The Labute approximate surface area is 124 Å². The Morgan fingerprint density at radius 2 is 1.95 bits per heavy atom. The Bertz CT molecular complexity index is 597. The molecule has 0 atom stereocenters. The molecule has 0 radical (unpaired) electrons. The summed E-state index contributed by atoms with van der Waals surface area (Å²) in [4.78, 5) is 11.9. The fraction of sp³-hybridized carbons (Fsp3) is 0.353. The zero-order valence-corrected chi connectivity index (χ0v) is 12.7. The molecule has 1 aromatic rings. The van der Waals surface area contributed by atoms with Gasteiger partial charge in [-0.1, -0.05) is 18.2 Å². The summed E-state index contributed by atoms with van der Waals surface area (Å²) in [6, 6.07) is 7.33. The number of allylic oxidation sites excluding steroid dienone is 4. The summed E-state index contributed by atoms with van der Waals surface area (Å²) in [5.41, 5.74) is 2.10. The van der Waals surface area contributed by atoms with Gasteiger partial charge in [-0.15, -0.1) is 0 Å². The third kappa shape index (κ3) is 4.45. The normalized spacial score (nSPS) is 15.0. The average molecular weight is 288 g/mol. The summed E-state index contributed by atoms with van der Waals surface area (Å²) in [6.45, 7) is 5.07. The predicted molar refractivity (Wildman–Crippen MR) is 83.9 cm³/mol. The van der Waals surface area contributed by atoms with E-state index < -0.39 is 5.67 Å². The van der Waals surface area contributed by atoms with Gasteiger partial charge in [-0.05, 0) is 63.0 Å². The van der Waals surface area contributed by atoms with Crippen LogP contribution in [0, 0.1) is 6.92 Å². The van der Waals surface area contributed by atoms with E-state index in [2.05, 4.69) is 10.6 Å². The van der Waals surface area contributed by atoms with Crippen LogP contribution < -0.4 is 10.6 Å². The SMILES string of the molecule is Cc1cccc(NC(=O)NC2=CC=C(C(C)(C)F)CC2)c1. The monoisotopic (exact) mass is 288 g/mol. The van der Waals surface area contributed by atoms with Gasteiger partial charge in [0.25, 0.3) is 0 Å². The van der Waals surface area contributed by atoms with E-state index in [0.29, 0.717) is 12.8 Å².